The molecule has 0 radical (unpaired) electrons. The van der Waals surface area contributed by atoms with Crippen molar-refractivity contribution in [3.05, 3.63) is 0 Å². The Morgan fingerprint density at radius 2 is 1.76 bits per heavy atom. The molecule has 1 aliphatic heterocycles. The average Bonchev–Trinajstić information content (AvgIpc) is 2.33. The van der Waals surface area contributed by atoms with Crippen molar-refractivity contribution in [2.45, 2.75) is 52.0 Å². The van der Waals surface area contributed by atoms with Gasteiger partial charge in [-0.15, -0.1) is 0 Å². The third kappa shape index (κ3) is 3.69. The molecule has 17 heavy (non-hydrogen) atoms. The van der Waals surface area contributed by atoms with Crippen molar-refractivity contribution >= 4 is 0 Å². The SMILES string of the molecule is CC1CCCC(NCC2CCN(C)CC2)C1C. The number of hydrogen-bond acceptors (Lipinski definition) is 2. The molecule has 0 aromatic heterocycles. The van der Waals surface area contributed by atoms with Crippen LogP contribution in [0.25, 0.3) is 0 Å². The lowest BCUT2D eigenvalue weighted by Gasteiger charge is -2.37. The van der Waals surface area contributed by atoms with Crippen LogP contribution in [-0.2, 0) is 0 Å². The van der Waals surface area contributed by atoms with E-state index in [1.807, 2.05) is 0 Å². The van der Waals surface area contributed by atoms with Crippen LogP contribution in [0, 0.1) is 17.8 Å². The minimum Gasteiger partial charge on any atom is -0.313 e. The van der Waals surface area contributed by atoms with Crippen molar-refractivity contribution in [1.82, 2.24) is 10.2 Å². The van der Waals surface area contributed by atoms with E-state index in [-0.39, 0.29) is 0 Å². The molecule has 0 aromatic carbocycles. The first-order valence-electron chi connectivity index (χ1n) is 7.58. The topological polar surface area (TPSA) is 15.3 Å². The highest BCUT2D eigenvalue weighted by Crippen LogP contribution is 2.29. The normalized spacial score (nSPS) is 37.2. The second-order valence-corrected chi connectivity index (χ2v) is 6.53. The molecule has 100 valence electrons. The highest BCUT2D eigenvalue weighted by Gasteiger charge is 2.27. The quantitative estimate of drug-likeness (QED) is 0.813. The third-order valence-corrected chi connectivity index (χ3v) is 5.21. The molecule has 2 nitrogen and oxygen atoms in total. The Labute approximate surface area is 107 Å². The predicted octanol–water partition coefficient (Wildman–Crippen LogP) is 2.74. The van der Waals surface area contributed by atoms with Crippen molar-refractivity contribution in [3.8, 4) is 0 Å². The summed E-state index contributed by atoms with van der Waals surface area (Å²) in [5, 5.41) is 3.87. The zero-order valence-corrected chi connectivity index (χ0v) is 11.9. The maximum atomic E-state index is 3.87. The van der Waals surface area contributed by atoms with Crippen molar-refractivity contribution in [3.63, 3.8) is 0 Å². The molecular formula is C15H30N2. The number of nitrogens with one attached hydrogen (secondary N) is 1. The second kappa shape index (κ2) is 6.19. The van der Waals surface area contributed by atoms with Gasteiger partial charge in [0.1, 0.15) is 0 Å². The molecule has 2 fully saturated rings. The molecule has 0 amide bonds. The number of likely N-dealkylation sites (tertiary alicyclic amines) is 1. The first-order valence-corrected chi connectivity index (χ1v) is 7.58. The molecule has 2 rings (SSSR count). The lowest BCUT2D eigenvalue weighted by molar-refractivity contribution is 0.177. The zero-order valence-electron chi connectivity index (χ0n) is 11.9. The van der Waals surface area contributed by atoms with Gasteiger partial charge in [-0.1, -0.05) is 26.7 Å². The zero-order chi connectivity index (χ0) is 12.3. The van der Waals surface area contributed by atoms with Gasteiger partial charge in [0, 0.05) is 6.04 Å². The summed E-state index contributed by atoms with van der Waals surface area (Å²) in [5.41, 5.74) is 0. The lowest BCUT2D eigenvalue weighted by Crippen LogP contribution is -2.44. The minimum absolute atomic E-state index is 0.790. The molecule has 0 aromatic rings. The molecule has 1 heterocycles. The summed E-state index contributed by atoms with van der Waals surface area (Å²) in [5.74, 6) is 2.71. The van der Waals surface area contributed by atoms with Crippen molar-refractivity contribution in [1.29, 1.82) is 0 Å². The molecule has 1 saturated heterocycles. The summed E-state index contributed by atoms with van der Waals surface area (Å²) in [6, 6.07) is 0.790. The maximum Gasteiger partial charge on any atom is 0.00953 e. The monoisotopic (exact) mass is 238 g/mol. The van der Waals surface area contributed by atoms with Gasteiger partial charge in [0.25, 0.3) is 0 Å². The van der Waals surface area contributed by atoms with Gasteiger partial charge in [-0.2, -0.15) is 0 Å². The first-order chi connectivity index (χ1) is 8.16. The van der Waals surface area contributed by atoms with Crippen molar-refractivity contribution in [2.75, 3.05) is 26.7 Å². The third-order valence-electron chi connectivity index (χ3n) is 5.21. The van der Waals surface area contributed by atoms with Crippen LogP contribution in [0.4, 0.5) is 0 Å². The Balaban J connectivity index is 1.70. The van der Waals surface area contributed by atoms with Gasteiger partial charge < -0.3 is 10.2 Å². The molecule has 1 aliphatic carbocycles. The van der Waals surface area contributed by atoms with Gasteiger partial charge in [0.15, 0.2) is 0 Å². The first kappa shape index (κ1) is 13.4. The average molecular weight is 238 g/mol. The van der Waals surface area contributed by atoms with E-state index >= 15 is 0 Å². The summed E-state index contributed by atoms with van der Waals surface area (Å²) in [6.45, 7) is 8.71. The van der Waals surface area contributed by atoms with Crippen LogP contribution >= 0.6 is 0 Å². The smallest absolute Gasteiger partial charge is 0.00953 e. The number of piperidine rings is 1. The standard InChI is InChI=1S/C15H30N2/c1-12-5-4-6-15(13(12)2)16-11-14-7-9-17(3)10-8-14/h12-16H,4-11H2,1-3H3. The highest BCUT2D eigenvalue weighted by atomic mass is 15.1. The van der Waals surface area contributed by atoms with Gasteiger partial charge in [0.2, 0.25) is 0 Å². The van der Waals surface area contributed by atoms with Gasteiger partial charge in [-0.3, -0.25) is 0 Å². The Bertz CT molecular complexity index is 221. The summed E-state index contributed by atoms with van der Waals surface area (Å²) in [7, 11) is 2.24. The molecule has 3 unspecified atom stereocenters. The largest absolute Gasteiger partial charge is 0.313 e. The van der Waals surface area contributed by atoms with Crippen LogP contribution in [0.5, 0.6) is 0 Å². The maximum absolute atomic E-state index is 3.87. The molecule has 1 saturated carbocycles. The predicted molar refractivity (Wildman–Crippen MR) is 74.2 cm³/mol. The van der Waals surface area contributed by atoms with Gasteiger partial charge in [0.05, 0.1) is 0 Å². The minimum atomic E-state index is 0.790. The van der Waals surface area contributed by atoms with Gasteiger partial charge >= 0.3 is 0 Å². The summed E-state index contributed by atoms with van der Waals surface area (Å²) < 4.78 is 0. The van der Waals surface area contributed by atoms with Gasteiger partial charge in [-0.25, -0.2) is 0 Å². The van der Waals surface area contributed by atoms with E-state index in [1.54, 1.807) is 0 Å². The van der Waals surface area contributed by atoms with Crippen molar-refractivity contribution < 1.29 is 0 Å². The van der Waals surface area contributed by atoms with Crippen LogP contribution in [0.2, 0.25) is 0 Å². The van der Waals surface area contributed by atoms with Crippen LogP contribution in [0.1, 0.15) is 46.0 Å². The Morgan fingerprint density at radius 1 is 1.06 bits per heavy atom. The second-order valence-electron chi connectivity index (χ2n) is 6.53. The molecule has 2 heteroatoms. The van der Waals surface area contributed by atoms with Crippen LogP contribution in [0.3, 0.4) is 0 Å². The summed E-state index contributed by atoms with van der Waals surface area (Å²) >= 11 is 0. The van der Waals surface area contributed by atoms with E-state index < -0.39 is 0 Å². The van der Waals surface area contributed by atoms with E-state index in [9.17, 15) is 0 Å². The van der Waals surface area contributed by atoms with Crippen LogP contribution in [0.15, 0.2) is 0 Å². The Kier molecular flexibility index (Phi) is 4.87. The fourth-order valence-electron chi connectivity index (χ4n) is 3.45. The Hall–Kier alpha value is -0.0800. The lowest BCUT2D eigenvalue weighted by atomic mass is 9.78. The van der Waals surface area contributed by atoms with Gasteiger partial charge in [-0.05, 0) is 63.7 Å². The van der Waals surface area contributed by atoms with E-state index in [4.69, 9.17) is 0 Å². The molecule has 0 spiro atoms. The summed E-state index contributed by atoms with van der Waals surface area (Å²) in [4.78, 5) is 2.46. The van der Waals surface area contributed by atoms with Crippen molar-refractivity contribution in [2.24, 2.45) is 17.8 Å². The van der Waals surface area contributed by atoms with E-state index in [2.05, 4.69) is 31.1 Å². The number of hydrogen-bond donors (Lipinski definition) is 1. The Morgan fingerprint density at radius 3 is 2.47 bits per heavy atom. The van der Waals surface area contributed by atoms with Crippen LogP contribution < -0.4 is 5.32 Å². The summed E-state index contributed by atoms with van der Waals surface area (Å²) in [6.07, 6.45) is 7.04. The van der Waals surface area contributed by atoms with E-state index in [0.29, 0.717) is 0 Å². The molecule has 3 atom stereocenters. The molecular weight excluding hydrogens is 208 g/mol. The fourth-order valence-corrected chi connectivity index (χ4v) is 3.45. The highest BCUT2D eigenvalue weighted by molar-refractivity contribution is 4.83. The number of nitrogens with zero attached hydrogens (tertiary/aromatic N) is 1. The fraction of sp³-hybridized carbons (Fsp3) is 1.00. The molecule has 0 bridgehead atoms. The molecule has 2 aliphatic rings. The van der Waals surface area contributed by atoms with E-state index in [0.717, 1.165) is 23.8 Å². The molecule has 1 N–H and O–H groups in total. The van der Waals surface area contributed by atoms with Crippen LogP contribution in [-0.4, -0.2) is 37.6 Å². The van der Waals surface area contributed by atoms with E-state index in [1.165, 1.54) is 51.7 Å². The number of rotatable bonds is 3.